The summed E-state index contributed by atoms with van der Waals surface area (Å²) in [6.07, 6.45) is -1.96. The Morgan fingerprint density at radius 3 is 2.35 bits per heavy atom. The number of hydrogen-bond acceptors (Lipinski definition) is 4. The number of nitrogens with one attached hydrogen (secondary N) is 1. The quantitative estimate of drug-likeness (QED) is 0.910. The summed E-state index contributed by atoms with van der Waals surface area (Å²) in [7, 11) is 0. The van der Waals surface area contributed by atoms with Gasteiger partial charge >= 0.3 is 6.18 Å². The van der Waals surface area contributed by atoms with Crippen molar-refractivity contribution >= 4 is 11.8 Å². The minimum absolute atomic E-state index is 0.0264. The van der Waals surface area contributed by atoms with Gasteiger partial charge in [0.2, 0.25) is 5.95 Å². The molecular weight excluding hydrogens is 305 g/mol. The summed E-state index contributed by atoms with van der Waals surface area (Å²) in [4.78, 5) is 7.48. The van der Waals surface area contributed by atoms with E-state index < -0.39 is 17.6 Å². The minimum Gasteiger partial charge on any atom is -0.383 e. The first-order valence-electron chi connectivity index (χ1n) is 7.37. The van der Waals surface area contributed by atoms with Crippen LogP contribution >= 0.6 is 0 Å². The summed E-state index contributed by atoms with van der Waals surface area (Å²) in [6, 6.07) is 8.26. The van der Waals surface area contributed by atoms with Gasteiger partial charge < -0.3 is 11.1 Å². The molecule has 0 amide bonds. The van der Waals surface area contributed by atoms with Gasteiger partial charge in [0, 0.05) is 12.2 Å². The first-order chi connectivity index (χ1) is 10.8. The second-order valence-electron chi connectivity index (χ2n) is 5.86. The number of alkyl halides is 3. The molecular formula is C16H17F3N4. The molecule has 4 nitrogen and oxygen atoms in total. The van der Waals surface area contributed by atoms with Crippen LogP contribution in [0, 0.1) is 5.92 Å². The molecule has 2 aromatic rings. The van der Waals surface area contributed by atoms with Crippen LogP contribution in [0.3, 0.4) is 0 Å². The third kappa shape index (κ3) is 3.23. The number of benzene rings is 1. The average Bonchev–Trinajstić information content (AvgIpc) is 2.90. The molecule has 1 heterocycles. The summed E-state index contributed by atoms with van der Waals surface area (Å²) in [5.41, 5.74) is 7.02. The number of rotatable bonds is 3. The maximum absolute atomic E-state index is 12.7. The lowest BCUT2D eigenvalue weighted by molar-refractivity contribution is -0.137. The van der Waals surface area contributed by atoms with Crippen molar-refractivity contribution in [1.82, 2.24) is 9.97 Å². The largest absolute Gasteiger partial charge is 0.421 e. The second kappa shape index (κ2) is 5.72. The number of nitrogens with zero attached hydrogens (tertiary/aromatic N) is 2. The molecule has 3 rings (SSSR count). The Bertz CT molecular complexity index is 690. The number of hydrogen-bond donors (Lipinski definition) is 2. The lowest BCUT2D eigenvalue weighted by atomic mass is 9.98. The van der Waals surface area contributed by atoms with Crippen molar-refractivity contribution in [1.29, 1.82) is 0 Å². The fourth-order valence-electron chi connectivity index (χ4n) is 2.95. The van der Waals surface area contributed by atoms with Gasteiger partial charge in [-0.2, -0.15) is 18.2 Å². The van der Waals surface area contributed by atoms with Crippen LogP contribution in [0.5, 0.6) is 0 Å². The lowest BCUT2D eigenvalue weighted by Gasteiger charge is -2.21. The predicted octanol–water partition coefficient (Wildman–Crippen LogP) is 3.29. The Hall–Kier alpha value is -2.31. The maximum atomic E-state index is 12.7. The molecule has 1 aromatic carbocycles. The Balaban J connectivity index is 1.70. The summed E-state index contributed by atoms with van der Waals surface area (Å²) >= 11 is 0. The van der Waals surface area contributed by atoms with Gasteiger partial charge in [0.1, 0.15) is 11.4 Å². The summed E-state index contributed by atoms with van der Waals surface area (Å²) < 4.78 is 38.0. The Kier molecular flexibility index (Phi) is 3.87. The predicted molar refractivity (Wildman–Crippen MR) is 81.9 cm³/mol. The van der Waals surface area contributed by atoms with Crippen molar-refractivity contribution in [3.63, 3.8) is 0 Å². The van der Waals surface area contributed by atoms with Crippen molar-refractivity contribution in [3.05, 3.63) is 47.2 Å². The van der Waals surface area contributed by atoms with Crippen LogP contribution in [-0.4, -0.2) is 16.0 Å². The van der Waals surface area contributed by atoms with Crippen LogP contribution in [0.2, 0.25) is 0 Å². The lowest BCUT2D eigenvalue weighted by Crippen LogP contribution is -2.27. The number of anilines is 2. The number of aromatic nitrogens is 2. The smallest absolute Gasteiger partial charge is 0.383 e. The van der Waals surface area contributed by atoms with Gasteiger partial charge in [-0.05, 0) is 36.8 Å². The molecule has 0 fully saturated rings. The molecule has 122 valence electrons. The first kappa shape index (κ1) is 15.6. The van der Waals surface area contributed by atoms with E-state index in [1.807, 2.05) is 19.1 Å². The van der Waals surface area contributed by atoms with Crippen LogP contribution in [0.1, 0.15) is 23.6 Å². The third-order valence-electron chi connectivity index (χ3n) is 4.27. The van der Waals surface area contributed by atoms with E-state index in [4.69, 9.17) is 5.73 Å². The second-order valence-corrected chi connectivity index (χ2v) is 5.86. The monoisotopic (exact) mass is 322 g/mol. The highest BCUT2D eigenvalue weighted by Crippen LogP contribution is 2.33. The normalized spacial score (nSPS) is 16.2. The maximum Gasteiger partial charge on any atom is 0.421 e. The molecule has 1 aromatic heterocycles. The molecule has 0 bridgehead atoms. The molecule has 0 saturated heterocycles. The Morgan fingerprint density at radius 2 is 1.83 bits per heavy atom. The molecule has 0 aliphatic heterocycles. The average molecular weight is 322 g/mol. The zero-order valence-electron chi connectivity index (χ0n) is 12.6. The fourth-order valence-corrected chi connectivity index (χ4v) is 2.95. The van der Waals surface area contributed by atoms with Crippen LogP contribution < -0.4 is 11.1 Å². The highest BCUT2D eigenvalue weighted by Gasteiger charge is 2.34. The third-order valence-corrected chi connectivity index (χ3v) is 4.27. The Morgan fingerprint density at radius 1 is 1.22 bits per heavy atom. The van der Waals surface area contributed by atoms with E-state index in [0.29, 0.717) is 5.92 Å². The van der Waals surface area contributed by atoms with E-state index in [2.05, 4.69) is 27.4 Å². The van der Waals surface area contributed by atoms with Crippen molar-refractivity contribution in [2.75, 3.05) is 11.1 Å². The SMILES string of the molecule is CC(Nc1ncc(C(F)(F)F)c(N)n1)C1Cc2ccccc2C1. The molecule has 1 aliphatic carbocycles. The number of nitrogen functional groups attached to an aromatic ring is 1. The van der Waals surface area contributed by atoms with Crippen LogP contribution in [0.4, 0.5) is 24.9 Å². The molecule has 0 spiro atoms. The van der Waals surface area contributed by atoms with E-state index in [1.165, 1.54) is 11.1 Å². The van der Waals surface area contributed by atoms with Gasteiger partial charge in [0.25, 0.3) is 0 Å². The van der Waals surface area contributed by atoms with Gasteiger partial charge in [0.15, 0.2) is 0 Å². The van der Waals surface area contributed by atoms with Gasteiger partial charge in [-0.3, -0.25) is 0 Å². The standard InChI is InChI=1S/C16H17F3N4/c1-9(12-6-10-4-2-3-5-11(10)7-12)22-15-21-8-13(14(20)23-15)16(17,18)19/h2-5,8-9,12H,6-7H2,1H3,(H3,20,21,22,23). The van der Waals surface area contributed by atoms with E-state index >= 15 is 0 Å². The van der Waals surface area contributed by atoms with Gasteiger partial charge in [-0.25, -0.2) is 4.98 Å². The molecule has 1 unspecified atom stereocenters. The molecule has 23 heavy (non-hydrogen) atoms. The van der Waals surface area contributed by atoms with Crippen molar-refractivity contribution < 1.29 is 13.2 Å². The highest BCUT2D eigenvalue weighted by molar-refractivity contribution is 5.45. The summed E-state index contributed by atoms with van der Waals surface area (Å²) in [5.74, 6) is -0.0876. The summed E-state index contributed by atoms with van der Waals surface area (Å²) in [5, 5.41) is 3.07. The molecule has 0 radical (unpaired) electrons. The zero-order chi connectivity index (χ0) is 16.6. The number of nitrogens with two attached hydrogens (primary N) is 1. The minimum atomic E-state index is -4.54. The highest BCUT2D eigenvalue weighted by atomic mass is 19.4. The van der Waals surface area contributed by atoms with E-state index in [9.17, 15) is 13.2 Å². The summed E-state index contributed by atoms with van der Waals surface area (Å²) in [6.45, 7) is 1.98. The topological polar surface area (TPSA) is 63.8 Å². The molecule has 1 aliphatic rings. The number of fused-ring (bicyclic) bond motifs is 1. The fraction of sp³-hybridized carbons (Fsp3) is 0.375. The van der Waals surface area contributed by atoms with E-state index in [1.54, 1.807) is 0 Å². The Labute approximate surface area is 131 Å². The van der Waals surface area contributed by atoms with Crippen molar-refractivity contribution in [2.24, 2.45) is 5.92 Å². The van der Waals surface area contributed by atoms with E-state index in [-0.39, 0.29) is 12.0 Å². The molecule has 1 atom stereocenters. The van der Waals surface area contributed by atoms with Crippen molar-refractivity contribution in [2.45, 2.75) is 32.0 Å². The van der Waals surface area contributed by atoms with Gasteiger partial charge in [-0.1, -0.05) is 24.3 Å². The van der Waals surface area contributed by atoms with Gasteiger partial charge in [0.05, 0.1) is 0 Å². The van der Waals surface area contributed by atoms with Crippen LogP contribution in [0.25, 0.3) is 0 Å². The number of halogens is 3. The molecule has 7 heteroatoms. The van der Waals surface area contributed by atoms with Crippen LogP contribution in [-0.2, 0) is 19.0 Å². The van der Waals surface area contributed by atoms with E-state index in [0.717, 1.165) is 19.0 Å². The molecule has 3 N–H and O–H groups in total. The van der Waals surface area contributed by atoms with Gasteiger partial charge in [-0.15, -0.1) is 0 Å². The zero-order valence-corrected chi connectivity index (χ0v) is 12.6. The molecule has 0 saturated carbocycles. The van der Waals surface area contributed by atoms with Crippen LogP contribution in [0.15, 0.2) is 30.5 Å². The first-order valence-corrected chi connectivity index (χ1v) is 7.37. The van der Waals surface area contributed by atoms with Crippen molar-refractivity contribution in [3.8, 4) is 0 Å².